The third-order valence-corrected chi connectivity index (χ3v) is 5.66. The first-order valence-electron chi connectivity index (χ1n) is 9.26. The number of carbonyl (C=O) groups is 1. The number of aryl methyl sites for hydroxylation is 1. The van der Waals surface area contributed by atoms with Crippen molar-refractivity contribution in [2.24, 2.45) is 7.05 Å². The fourth-order valence-electron chi connectivity index (χ4n) is 2.75. The molecule has 1 atom stereocenters. The first-order valence-corrected chi connectivity index (χ1v) is 10.6. The molecule has 1 aromatic heterocycles. The van der Waals surface area contributed by atoms with E-state index in [1.165, 1.54) is 11.8 Å². The first-order chi connectivity index (χ1) is 14.4. The zero-order valence-corrected chi connectivity index (χ0v) is 18.8. The van der Waals surface area contributed by atoms with E-state index in [-0.39, 0.29) is 17.8 Å². The molecular formula is C21H23ClN4O3S. The summed E-state index contributed by atoms with van der Waals surface area (Å²) >= 11 is 7.52. The molecule has 0 aliphatic rings. The van der Waals surface area contributed by atoms with Crippen molar-refractivity contribution in [2.75, 3.05) is 18.2 Å². The smallest absolute Gasteiger partial charge is 0.234 e. The summed E-state index contributed by atoms with van der Waals surface area (Å²) in [7, 11) is 3.44. The van der Waals surface area contributed by atoms with Crippen LogP contribution in [0.15, 0.2) is 47.6 Å². The van der Waals surface area contributed by atoms with Gasteiger partial charge in [0.1, 0.15) is 11.5 Å². The van der Waals surface area contributed by atoms with Crippen LogP contribution >= 0.6 is 23.4 Å². The molecule has 0 aliphatic carbocycles. The molecule has 0 saturated carbocycles. The van der Waals surface area contributed by atoms with Crippen LogP contribution in [0, 0.1) is 6.92 Å². The molecule has 1 N–H and O–H groups in total. The van der Waals surface area contributed by atoms with Gasteiger partial charge in [-0.1, -0.05) is 29.4 Å². The monoisotopic (exact) mass is 446 g/mol. The lowest BCUT2D eigenvalue weighted by atomic mass is 10.2. The molecule has 3 aromatic rings. The van der Waals surface area contributed by atoms with Crippen LogP contribution in [0.3, 0.4) is 0 Å². The molecule has 1 heterocycles. The van der Waals surface area contributed by atoms with Crippen LogP contribution in [-0.4, -0.2) is 33.5 Å². The Morgan fingerprint density at radius 3 is 2.67 bits per heavy atom. The highest BCUT2D eigenvalue weighted by molar-refractivity contribution is 7.99. The minimum atomic E-state index is -0.357. The van der Waals surface area contributed by atoms with E-state index < -0.39 is 0 Å². The summed E-state index contributed by atoms with van der Waals surface area (Å²) in [6, 6.07) is 12.8. The van der Waals surface area contributed by atoms with Gasteiger partial charge in [0.05, 0.1) is 17.9 Å². The second kappa shape index (κ2) is 9.86. The van der Waals surface area contributed by atoms with E-state index in [2.05, 4.69) is 15.5 Å². The lowest BCUT2D eigenvalue weighted by molar-refractivity contribution is -0.113. The summed E-state index contributed by atoms with van der Waals surface area (Å²) in [5.74, 6) is 2.05. The van der Waals surface area contributed by atoms with Crippen molar-refractivity contribution in [3.8, 4) is 11.5 Å². The van der Waals surface area contributed by atoms with Gasteiger partial charge < -0.3 is 19.4 Å². The number of rotatable bonds is 8. The molecule has 0 radical (unpaired) electrons. The highest BCUT2D eigenvalue weighted by Gasteiger charge is 2.19. The van der Waals surface area contributed by atoms with Gasteiger partial charge in [0, 0.05) is 12.7 Å². The van der Waals surface area contributed by atoms with Crippen molar-refractivity contribution >= 4 is 35.0 Å². The summed E-state index contributed by atoms with van der Waals surface area (Å²) in [5, 5.41) is 12.4. The zero-order chi connectivity index (χ0) is 21.7. The molecule has 1 amide bonds. The van der Waals surface area contributed by atoms with E-state index >= 15 is 0 Å². The number of thioether (sulfide) groups is 1. The molecule has 0 fully saturated rings. The van der Waals surface area contributed by atoms with Crippen LogP contribution in [0.1, 0.15) is 24.4 Å². The Balaban J connectivity index is 1.59. The van der Waals surface area contributed by atoms with Crippen molar-refractivity contribution in [2.45, 2.75) is 25.1 Å². The highest BCUT2D eigenvalue weighted by Crippen LogP contribution is 2.30. The Bertz CT molecular complexity index is 1020. The van der Waals surface area contributed by atoms with E-state index in [9.17, 15) is 4.79 Å². The summed E-state index contributed by atoms with van der Waals surface area (Å²) in [4.78, 5) is 12.2. The Kier molecular flexibility index (Phi) is 7.23. The van der Waals surface area contributed by atoms with Crippen LogP contribution in [0.2, 0.25) is 5.02 Å². The average molecular weight is 447 g/mol. The lowest BCUT2D eigenvalue weighted by Gasteiger charge is -2.15. The number of halogens is 1. The number of carbonyl (C=O) groups excluding carboxylic acids is 1. The van der Waals surface area contributed by atoms with Crippen LogP contribution in [0.25, 0.3) is 0 Å². The average Bonchev–Trinajstić information content (AvgIpc) is 3.10. The minimum absolute atomic E-state index is 0.134. The normalized spacial score (nSPS) is 11.8. The Labute approximate surface area is 184 Å². The van der Waals surface area contributed by atoms with Gasteiger partial charge in [0.25, 0.3) is 0 Å². The number of anilines is 1. The number of methoxy groups -OCH3 is 1. The molecule has 158 valence electrons. The molecule has 9 heteroatoms. The van der Waals surface area contributed by atoms with E-state index in [0.717, 1.165) is 11.3 Å². The number of benzene rings is 2. The van der Waals surface area contributed by atoms with Gasteiger partial charge in [-0.2, -0.15) is 0 Å². The van der Waals surface area contributed by atoms with Crippen molar-refractivity contribution in [3.05, 3.63) is 58.9 Å². The van der Waals surface area contributed by atoms with Gasteiger partial charge in [0.15, 0.2) is 17.1 Å². The van der Waals surface area contributed by atoms with Crippen LogP contribution in [0.4, 0.5) is 5.69 Å². The van der Waals surface area contributed by atoms with Crippen molar-refractivity contribution in [1.29, 1.82) is 0 Å². The maximum atomic E-state index is 12.2. The third kappa shape index (κ3) is 5.46. The predicted octanol–water partition coefficient (Wildman–Crippen LogP) is 4.66. The Morgan fingerprint density at radius 1 is 1.23 bits per heavy atom. The zero-order valence-electron chi connectivity index (χ0n) is 17.2. The molecule has 0 aliphatic heterocycles. The van der Waals surface area contributed by atoms with Crippen molar-refractivity contribution < 1.29 is 14.3 Å². The molecule has 1 unspecified atom stereocenters. The molecule has 2 aromatic carbocycles. The summed E-state index contributed by atoms with van der Waals surface area (Å²) in [6.07, 6.45) is -0.357. The standard InChI is InChI=1S/C21H23ClN4O3S/c1-13-5-10-17(22)18(11-13)29-14(2)20-24-25-21(26(20)3)30-12-19(27)23-15-6-8-16(28-4)9-7-15/h5-11,14H,12H2,1-4H3,(H,23,27). The maximum Gasteiger partial charge on any atom is 0.234 e. The molecule has 0 saturated heterocycles. The molecule has 0 spiro atoms. The number of aromatic nitrogens is 3. The van der Waals surface area contributed by atoms with E-state index in [1.807, 2.05) is 37.6 Å². The lowest BCUT2D eigenvalue weighted by Crippen LogP contribution is -2.14. The minimum Gasteiger partial charge on any atom is -0.497 e. The third-order valence-electron chi connectivity index (χ3n) is 4.33. The van der Waals surface area contributed by atoms with Crippen LogP contribution < -0.4 is 14.8 Å². The van der Waals surface area contributed by atoms with Gasteiger partial charge in [0.2, 0.25) is 5.91 Å². The largest absolute Gasteiger partial charge is 0.497 e. The summed E-state index contributed by atoms with van der Waals surface area (Å²) < 4.78 is 12.9. The fourth-order valence-corrected chi connectivity index (χ4v) is 3.63. The van der Waals surface area contributed by atoms with Crippen molar-refractivity contribution in [1.82, 2.24) is 14.8 Å². The van der Waals surface area contributed by atoms with Crippen LogP contribution in [0.5, 0.6) is 11.5 Å². The van der Waals surface area contributed by atoms with Gasteiger partial charge >= 0.3 is 0 Å². The fraction of sp³-hybridized carbons (Fsp3) is 0.286. The topological polar surface area (TPSA) is 78.3 Å². The SMILES string of the molecule is COc1ccc(NC(=O)CSc2nnc(C(C)Oc3cc(C)ccc3Cl)n2C)cc1. The quantitative estimate of drug-likeness (QED) is 0.507. The van der Waals surface area contributed by atoms with Crippen LogP contribution in [-0.2, 0) is 11.8 Å². The molecule has 3 rings (SSSR count). The Hall–Kier alpha value is -2.71. The molecular weight excluding hydrogens is 424 g/mol. The van der Waals surface area contributed by atoms with E-state index in [0.29, 0.717) is 27.4 Å². The van der Waals surface area contributed by atoms with E-state index in [1.54, 1.807) is 37.4 Å². The second-order valence-electron chi connectivity index (χ2n) is 6.66. The highest BCUT2D eigenvalue weighted by atomic mass is 35.5. The number of hydrogen-bond donors (Lipinski definition) is 1. The number of nitrogens with one attached hydrogen (secondary N) is 1. The Morgan fingerprint density at radius 2 is 1.97 bits per heavy atom. The van der Waals surface area contributed by atoms with Gasteiger partial charge in [-0.25, -0.2) is 0 Å². The van der Waals surface area contributed by atoms with Gasteiger partial charge in [-0.3, -0.25) is 4.79 Å². The van der Waals surface area contributed by atoms with Crippen molar-refractivity contribution in [3.63, 3.8) is 0 Å². The summed E-state index contributed by atoms with van der Waals surface area (Å²) in [6.45, 7) is 3.86. The number of nitrogens with zero attached hydrogens (tertiary/aromatic N) is 3. The number of ether oxygens (including phenoxy) is 2. The van der Waals surface area contributed by atoms with Gasteiger partial charge in [-0.05, 0) is 55.8 Å². The second-order valence-corrected chi connectivity index (χ2v) is 8.01. The maximum absolute atomic E-state index is 12.2. The molecule has 30 heavy (non-hydrogen) atoms. The first kappa shape index (κ1) is 22.0. The summed E-state index contributed by atoms with van der Waals surface area (Å²) in [5.41, 5.74) is 1.76. The van der Waals surface area contributed by atoms with E-state index in [4.69, 9.17) is 21.1 Å². The molecule has 0 bridgehead atoms. The predicted molar refractivity (Wildman–Crippen MR) is 119 cm³/mol. The number of hydrogen-bond acceptors (Lipinski definition) is 6. The number of amides is 1. The van der Waals surface area contributed by atoms with Gasteiger partial charge in [-0.15, -0.1) is 10.2 Å². The molecule has 7 nitrogen and oxygen atoms in total.